The van der Waals surface area contributed by atoms with Gasteiger partial charge in [-0.2, -0.15) is 5.26 Å². The predicted molar refractivity (Wildman–Crippen MR) is 138 cm³/mol. The number of nitriles is 1. The summed E-state index contributed by atoms with van der Waals surface area (Å²) in [5, 5.41) is 12.0. The van der Waals surface area contributed by atoms with Gasteiger partial charge < -0.3 is 24.3 Å². The number of rotatable bonds is 6. The Morgan fingerprint density at radius 2 is 2.05 bits per heavy atom. The van der Waals surface area contributed by atoms with Crippen molar-refractivity contribution in [3.8, 4) is 6.07 Å². The Morgan fingerprint density at radius 1 is 1.30 bits per heavy atom. The number of hydrogen-bond acceptors (Lipinski definition) is 6. The van der Waals surface area contributed by atoms with Gasteiger partial charge in [-0.25, -0.2) is 4.79 Å². The number of carbonyl (C=O) groups is 2. The van der Waals surface area contributed by atoms with Gasteiger partial charge in [0.2, 0.25) is 0 Å². The van der Waals surface area contributed by atoms with Gasteiger partial charge in [0.1, 0.15) is 17.7 Å². The Labute approximate surface area is 219 Å². The maximum absolute atomic E-state index is 13.1. The van der Waals surface area contributed by atoms with E-state index >= 15 is 0 Å². The lowest BCUT2D eigenvalue weighted by molar-refractivity contribution is -0.199. The molecule has 8 nitrogen and oxygen atoms in total. The van der Waals surface area contributed by atoms with Gasteiger partial charge in [-0.1, -0.05) is 50.8 Å². The average molecular weight is 505 g/mol. The van der Waals surface area contributed by atoms with E-state index in [-0.39, 0.29) is 29.2 Å². The zero-order valence-electron chi connectivity index (χ0n) is 21.9. The van der Waals surface area contributed by atoms with Crippen molar-refractivity contribution in [2.24, 2.45) is 17.3 Å². The lowest BCUT2D eigenvalue weighted by Crippen LogP contribution is -2.65. The average Bonchev–Trinajstić information content (AvgIpc) is 3.25. The third-order valence-corrected chi connectivity index (χ3v) is 9.23. The first-order valence-electron chi connectivity index (χ1n) is 13.3. The first-order chi connectivity index (χ1) is 17.6. The van der Waals surface area contributed by atoms with Crippen LogP contribution in [0.1, 0.15) is 52.0 Å². The van der Waals surface area contributed by atoms with Crippen molar-refractivity contribution in [2.45, 2.75) is 76.6 Å². The minimum atomic E-state index is -0.582. The van der Waals surface area contributed by atoms with Crippen LogP contribution >= 0.6 is 0 Å². The van der Waals surface area contributed by atoms with Crippen LogP contribution in [0.5, 0.6) is 0 Å². The van der Waals surface area contributed by atoms with Gasteiger partial charge in [0.25, 0.3) is 5.91 Å². The zero-order chi connectivity index (χ0) is 26.4. The molecule has 196 valence electrons. The molecule has 2 saturated heterocycles. The molecular formula is C28H36BN3O5. The predicted octanol–water partition coefficient (Wildman–Crippen LogP) is 3.66. The van der Waals surface area contributed by atoms with Crippen LogP contribution < -0.4 is 5.32 Å². The molecule has 1 N–H and O–H groups in total. The van der Waals surface area contributed by atoms with Gasteiger partial charge in [0, 0.05) is 6.54 Å². The fourth-order valence-electron chi connectivity index (χ4n) is 6.95. The van der Waals surface area contributed by atoms with E-state index in [1.165, 1.54) is 4.90 Å². The highest BCUT2D eigenvalue weighted by molar-refractivity contribution is 6.47. The summed E-state index contributed by atoms with van der Waals surface area (Å²) in [6.07, 6.45) is 2.99. The standard InChI is InChI=1S/C28H36BN3O5/c1-18(16-30)25(33)32-12-8-11-21(17-32)35-26(34)31-24(13-19-9-6-5-7-10-19)29-36-23-15-20-14-22(27(20,2)3)28(23,4)37-29/h5-7,9-10,20-24H,1,8,11-15,17H2,2-4H3,(H,31,34)/t20-,21-,22-,23+,24-,28-/m0/s1. The molecular weight excluding hydrogens is 469 g/mol. The summed E-state index contributed by atoms with van der Waals surface area (Å²) in [5.41, 5.74) is 0.802. The monoisotopic (exact) mass is 505 g/mol. The van der Waals surface area contributed by atoms with Gasteiger partial charge in [0.15, 0.2) is 0 Å². The third-order valence-electron chi connectivity index (χ3n) is 9.23. The number of likely N-dealkylation sites (tertiary alicyclic amines) is 1. The Hall–Kier alpha value is -2.83. The summed E-state index contributed by atoms with van der Waals surface area (Å²) in [6, 6.07) is 11.8. The van der Waals surface area contributed by atoms with E-state index in [9.17, 15) is 9.59 Å². The maximum atomic E-state index is 13.1. The minimum Gasteiger partial charge on any atom is -0.444 e. The molecule has 2 amide bonds. The molecule has 9 heteroatoms. The van der Waals surface area contributed by atoms with Crippen LogP contribution in [0.15, 0.2) is 42.5 Å². The topological polar surface area (TPSA) is 101 Å². The SMILES string of the molecule is C=C(C#N)C(=O)N1CCC[C@H](OC(=O)N[C@@H](Cc2ccccc2)B2O[C@@H]3C[C@@H]4C[C@@H](C4(C)C)[C@]3(C)O2)C1. The van der Waals surface area contributed by atoms with Crippen molar-refractivity contribution < 1.29 is 23.6 Å². The number of alkyl carbamates (subject to hydrolysis) is 1. The van der Waals surface area contributed by atoms with Gasteiger partial charge in [-0.15, -0.1) is 0 Å². The molecule has 1 aromatic rings. The van der Waals surface area contributed by atoms with Crippen molar-refractivity contribution in [1.29, 1.82) is 5.26 Å². The second kappa shape index (κ2) is 9.81. The smallest absolute Gasteiger partial charge is 0.444 e. The summed E-state index contributed by atoms with van der Waals surface area (Å²) in [7, 11) is -0.582. The van der Waals surface area contributed by atoms with Crippen LogP contribution in [0.25, 0.3) is 0 Å². The Morgan fingerprint density at radius 3 is 2.76 bits per heavy atom. The van der Waals surface area contributed by atoms with E-state index in [0.29, 0.717) is 37.6 Å². The molecule has 0 unspecified atom stereocenters. The van der Waals surface area contributed by atoms with E-state index in [2.05, 4.69) is 32.7 Å². The van der Waals surface area contributed by atoms with E-state index in [1.54, 1.807) is 6.07 Å². The molecule has 3 saturated carbocycles. The molecule has 2 heterocycles. The third kappa shape index (κ3) is 4.77. The number of piperidine rings is 1. The lowest BCUT2D eigenvalue weighted by atomic mass is 9.43. The van der Waals surface area contributed by atoms with Crippen LogP contribution in [-0.2, 0) is 25.3 Å². The highest BCUT2D eigenvalue weighted by atomic mass is 16.7. The van der Waals surface area contributed by atoms with Crippen molar-refractivity contribution in [3.05, 3.63) is 48.0 Å². The Balaban J connectivity index is 1.27. The van der Waals surface area contributed by atoms with E-state index < -0.39 is 31.2 Å². The summed E-state index contributed by atoms with van der Waals surface area (Å²) in [6.45, 7) is 11.1. The normalized spacial score (nSPS) is 32.4. The lowest BCUT2D eigenvalue weighted by Gasteiger charge is -2.64. The summed E-state index contributed by atoms with van der Waals surface area (Å²) in [5.74, 6) is 0.213. The van der Waals surface area contributed by atoms with Crippen molar-refractivity contribution in [2.75, 3.05) is 13.1 Å². The minimum absolute atomic E-state index is 0.0107. The van der Waals surface area contributed by atoms with Gasteiger partial charge in [0.05, 0.1) is 24.2 Å². The molecule has 5 aliphatic rings. The number of carbonyl (C=O) groups excluding carboxylic acids is 2. The molecule has 6 atom stereocenters. The van der Waals surface area contributed by atoms with Gasteiger partial charge in [-0.3, -0.25) is 4.79 Å². The number of benzene rings is 1. The molecule has 0 aromatic heterocycles. The van der Waals surface area contributed by atoms with E-state index in [0.717, 1.165) is 18.4 Å². The number of hydrogen-bond donors (Lipinski definition) is 1. The second-order valence-electron chi connectivity index (χ2n) is 11.8. The van der Waals surface area contributed by atoms with Crippen molar-refractivity contribution in [1.82, 2.24) is 10.2 Å². The van der Waals surface area contributed by atoms with E-state index in [4.69, 9.17) is 19.3 Å². The van der Waals surface area contributed by atoms with Crippen LogP contribution in [-0.4, -0.2) is 60.9 Å². The molecule has 37 heavy (non-hydrogen) atoms. The second-order valence-corrected chi connectivity index (χ2v) is 11.8. The molecule has 2 bridgehead atoms. The highest BCUT2D eigenvalue weighted by Gasteiger charge is 2.68. The quantitative estimate of drug-likeness (QED) is 0.360. The Kier molecular flexibility index (Phi) is 6.84. The summed E-state index contributed by atoms with van der Waals surface area (Å²) < 4.78 is 18.9. The largest absolute Gasteiger partial charge is 0.482 e. The fraction of sp³-hybridized carbons (Fsp3) is 0.607. The Bertz CT molecular complexity index is 1100. The van der Waals surface area contributed by atoms with E-state index in [1.807, 2.05) is 30.3 Å². The highest BCUT2D eigenvalue weighted by Crippen LogP contribution is 2.65. The first kappa shape index (κ1) is 25.8. The van der Waals surface area contributed by atoms with Crippen LogP contribution in [0.3, 0.4) is 0 Å². The maximum Gasteiger partial charge on any atom is 0.482 e. The number of nitrogens with zero attached hydrogens (tertiary/aromatic N) is 2. The molecule has 0 radical (unpaired) electrons. The van der Waals surface area contributed by atoms with Gasteiger partial charge >= 0.3 is 13.2 Å². The van der Waals surface area contributed by atoms with Crippen LogP contribution in [0.2, 0.25) is 0 Å². The zero-order valence-corrected chi connectivity index (χ0v) is 21.9. The van der Waals surface area contributed by atoms with Crippen molar-refractivity contribution in [3.63, 3.8) is 0 Å². The molecule has 6 rings (SSSR count). The molecule has 5 fully saturated rings. The fourth-order valence-corrected chi connectivity index (χ4v) is 6.95. The van der Waals surface area contributed by atoms with Crippen LogP contribution in [0, 0.1) is 28.6 Å². The molecule has 2 aliphatic heterocycles. The van der Waals surface area contributed by atoms with Gasteiger partial charge in [-0.05, 0) is 61.8 Å². The molecule has 0 spiro atoms. The first-order valence-corrected chi connectivity index (χ1v) is 13.3. The van der Waals surface area contributed by atoms with Crippen molar-refractivity contribution >= 4 is 19.1 Å². The molecule has 1 aromatic carbocycles. The molecule has 3 aliphatic carbocycles. The summed E-state index contributed by atoms with van der Waals surface area (Å²) in [4.78, 5) is 27.0. The van der Waals surface area contributed by atoms with Crippen LogP contribution in [0.4, 0.5) is 4.79 Å². The number of nitrogens with one attached hydrogen (secondary N) is 1. The summed E-state index contributed by atoms with van der Waals surface area (Å²) >= 11 is 0. The number of ether oxygens (including phenoxy) is 1. The number of amides is 2.